The summed E-state index contributed by atoms with van der Waals surface area (Å²) in [7, 11) is 0. The van der Waals surface area contributed by atoms with Gasteiger partial charge in [-0.2, -0.15) is 0 Å². The predicted molar refractivity (Wildman–Crippen MR) is 163 cm³/mol. The van der Waals surface area contributed by atoms with E-state index in [-0.39, 0.29) is 5.69 Å². The third kappa shape index (κ3) is 3.51. The van der Waals surface area contributed by atoms with Crippen LogP contribution in [-0.2, 0) is 0 Å². The van der Waals surface area contributed by atoms with Crippen LogP contribution in [0.1, 0.15) is 0 Å². The molecule has 0 unspecified atom stereocenters. The highest BCUT2D eigenvalue weighted by atomic mass is 79.9. The number of phenolic OH excluding ortho intramolecular Hbond substituents is 5. The highest BCUT2D eigenvalue weighted by Gasteiger charge is 2.30. The number of hydrogen-bond acceptors (Lipinski definition) is 8. The first kappa shape index (κ1) is 23.9. The molecule has 0 atom stereocenters. The van der Waals surface area contributed by atoms with Gasteiger partial charge in [0.25, 0.3) is 0 Å². The molecule has 2 aromatic heterocycles. The van der Waals surface area contributed by atoms with Crippen molar-refractivity contribution in [3.05, 3.63) is 83.3 Å². The van der Waals surface area contributed by atoms with Gasteiger partial charge in [-0.1, -0.05) is 36.4 Å². The summed E-state index contributed by atoms with van der Waals surface area (Å²) in [5, 5.41) is 57.0. The van der Waals surface area contributed by atoms with Crippen LogP contribution < -0.4 is 4.90 Å². The number of aromatic hydroxyl groups is 5. The molecule has 9 heteroatoms. The maximum absolute atomic E-state index is 11.0. The molecule has 0 aliphatic heterocycles. The molecule has 0 saturated carbocycles. The van der Waals surface area contributed by atoms with Crippen molar-refractivity contribution in [1.82, 2.24) is 0 Å². The van der Waals surface area contributed by atoms with Crippen molar-refractivity contribution in [2.24, 2.45) is 0 Å². The zero-order valence-electron chi connectivity index (χ0n) is 19.9. The van der Waals surface area contributed by atoms with E-state index >= 15 is 0 Å². The minimum Gasteiger partial charge on any atom is -0.503 e. The van der Waals surface area contributed by atoms with Gasteiger partial charge in [0.1, 0.15) is 5.69 Å². The summed E-state index contributed by atoms with van der Waals surface area (Å²) in [6, 6.07) is 25.6. The fourth-order valence-electron chi connectivity index (χ4n) is 5.05. The maximum atomic E-state index is 11.0. The van der Waals surface area contributed by atoms with Gasteiger partial charge in [-0.15, -0.1) is 22.7 Å². The monoisotopic (exact) mass is 615 g/mol. The van der Waals surface area contributed by atoms with Crippen LogP contribution >= 0.6 is 38.6 Å². The molecule has 0 aliphatic rings. The van der Waals surface area contributed by atoms with Gasteiger partial charge < -0.3 is 30.4 Å². The molecule has 2 heterocycles. The first-order valence-corrected chi connectivity index (χ1v) is 14.3. The normalized spacial score (nSPS) is 11.7. The summed E-state index contributed by atoms with van der Waals surface area (Å²) in [4.78, 5) is 1.56. The number of thiophene rings is 2. The number of phenols is 5. The van der Waals surface area contributed by atoms with Crippen molar-refractivity contribution in [3.63, 3.8) is 0 Å². The molecule has 0 amide bonds. The summed E-state index contributed by atoms with van der Waals surface area (Å²) in [5.41, 5.74) is 0.839. The first-order valence-electron chi connectivity index (χ1n) is 11.8. The molecule has 7 aromatic rings. The third-order valence-electron chi connectivity index (χ3n) is 6.86. The Balaban J connectivity index is 1.58. The number of anilines is 3. The van der Waals surface area contributed by atoms with Crippen molar-refractivity contribution >= 4 is 96.0 Å². The highest BCUT2D eigenvalue weighted by molar-refractivity contribution is 9.10. The van der Waals surface area contributed by atoms with E-state index in [0.29, 0.717) is 11.4 Å². The highest BCUT2D eigenvalue weighted by Crippen LogP contribution is 2.58. The second-order valence-corrected chi connectivity index (χ2v) is 12.1. The van der Waals surface area contributed by atoms with Crippen LogP contribution in [-0.4, -0.2) is 25.5 Å². The quantitative estimate of drug-likeness (QED) is 0.100. The summed E-state index contributed by atoms with van der Waals surface area (Å²) in [5.74, 6) is -4.43. The fourth-order valence-corrected chi connectivity index (χ4v) is 7.91. The average Bonchev–Trinajstić information content (AvgIpc) is 3.51. The zero-order valence-corrected chi connectivity index (χ0v) is 23.1. The topological polar surface area (TPSA) is 104 Å². The van der Waals surface area contributed by atoms with Gasteiger partial charge in [-0.05, 0) is 58.4 Å². The molecule has 192 valence electrons. The Bertz CT molecular complexity index is 2090. The van der Waals surface area contributed by atoms with Crippen LogP contribution in [0.2, 0.25) is 0 Å². The van der Waals surface area contributed by atoms with Gasteiger partial charge in [-0.25, -0.2) is 0 Å². The Hall–Kier alpha value is -4.18. The number of halogens is 1. The lowest BCUT2D eigenvalue weighted by Crippen LogP contribution is -2.11. The molecule has 7 rings (SSSR count). The average molecular weight is 617 g/mol. The number of fused-ring (bicyclic) bond motifs is 6. The summed E-state index contributed by atoms with van der Waals surface area (Å²) in [6.45, 7) is 0. The van der Waals surface area contributed by atoms with E-state index in [4.69, 9.17) is 0 Å². The van der Waals surface area contributed by atoms with Gasteiger partial charge in [0.15, 0.2) is 11.5 Å². The zero-order chi connectivity index (χ0) is 27.0. The molecule has 0 radical (unpaired) electrons. The first-order chi connectivity index (χ1) is 18.8. The smallest absolute Gasteiger partial charge is 0.208 e. The van der Waals surface area contributed by atoms with Crippen molar-refractivity contribution in [2.45, 2.75) is 0 Å². The molecule has 5 N–H and O–H groups in total. The van der Waals surface area contributed by atoms with Crippen molar-refractivity contribution in [3.8, 4) is 28.7 Å². The predicted octanol–water partition coefficient (Wildman–Crippen LogP) is 9.18. The molecule has 0 saturated heterocycles. The van der Waals surface area contributed by atoms with Gasteiger partial charge in [0.2, 0.25) is 17.2 Å². The van der Waals surface area contributed by atoms with Gasteiger partial charge >= 0.3 is 0 Å². The lowest BCUT2D eigenvalue weighted by atomic mass is 10.1. The van der Waals surface area contributed by atoms with E-state index in [1.165, 1.54) is 0 Å². The molecule has 0 spiro atoms. The van der Waals surface area contributed by atoms with Crippen LogP contribution in [0.3, 0.4) is 0 Å². The number of nitrogens with zero attached hydrogens (tertiary/aromatic N) is 1. The van der Waals surface area contributed by atoms with E-state index in [1.54, 1.807) is 27.6 Å². The Kier molecular flexibility index (Phi) is 5.31. The van der Waals surface area contributed by atoms with Gasteiger partial charge in [0.05, 0.1) is 0 Å². The van der Waals surface area contributed by atoms with E-state index in [0.717, 1.165) is 44.8 Å². The van der Waals surface area contributed by atoms with Crippen LogP contribution in [0, 0.1) is 0 Å². The van der Waals surface area contributed by atoms with Crippen LogP contribution in [0.15, 0.2) is 83.3 Å². The maximum Gasteiger partial charge on any atom is 0.208 e. The van der Waals surface area contributed by atoms with E-state index in [2.05, 4.69) is 22.0 Å². The van der Waals surface area contributed by atoms with Crippen molar-refractivity contribution < 1.29 is 25.5 Å². The largest absolute Gasteiger partial charge is 0.503 e. The molecular formula is C30H18BrNO5S2. The summed E-state index contributed by atoms with van der Waals surface area (Å²) in [6.07, 6.45) is 0. The third-order valence-corrected chi connectivity index (χ3v) is 10.1. The SMILES string of the molecule is Oc1c(O)c(O)c(N(c2ccc3sc4ccccc4c3c2)c2cc(Br)c3sc4ccccc4c3c2)c(O)c1O. The Morgan fingerprint density at radius 2 is 1.05 bits per heavy atom. The van der Waals surface area contributed by atoms with Crippen molar-refractivity contribution in [1.29, 1.82) is 0 Å². The molecule has 0 fully saturated rings. The minimum atomic E-state index is -1.01. The van der Waals surface area contributed by atoms with E-state index in [9.17, 15) is 25.5 Å². The molecule has 0 bridgehead atoms. The number of rotatable bonds is 3. The second-order valence-electron chi connectivity index (χ2n) is 9.11. The van der Waals surface area contributed by atoms with Crippen LogP contribution in [0.5, 0.6) is 28.7 Å². The lowest BCUT2D eigenvalue weighted by molar-refractivity contribution is 0.329. The number of hydrogen-bond donors (Lipinski definition) is 5. The van der Waals surface area contributed by atoms with Gasteiger partial charge in [0, 0.05) is 56.2 Å². The van der Waals surface area contributed by atoms with Crippen LogP contribution in [0.25, 0.3) is 40.3 Å². The molecular weight excluding hydrogens is 598 g/mol. The number of benzene rings is 5. The molecule has 5 aromatic carbocycles. The van der Waals surface area contributed by atoms with Gasteiger partial charge in [-0.3, -0.25) is 0 Å². The Labute approximate surface area is 237 Å². The minimum absolute atomic E-state index is 0.271. The lowest BCUT2D eigenvalue weighted by Gasteiger charge is -2.28. The second kappa shape index (κ2) is 8.67. The molecule has 6 nitrogen and oxygen atoms in total. The van der Waals surface area contributed by atoms with E-state index in [1.807, 2.05) is 72.8 Å². The van der Waals surface area contributed by atoms with E-state index < -0.39 is 28.7 Å². The fraction of sp³-hybridized carbons (Fsp3) is 0. The Morgan fingerprint density at radius 3 is 1.74 bits per heavy atom. The molecule has 39 heavy (non-hydrogen) atoms. The van der Waals surface area contributed by atoms with Crippen LogP contribution in [0.4, 0.5) is 17.1 Å². The molecule has 0 aliphatic carbocycles. The summed E-state index contributed by atoms with van der Waals surface area (Å²) >= 11 is 7.00. The standard InChI is InChI=1S/C30H18BrNO5S2/c31-20-13-15(12-19-17-6-2-4-8-22(17)39-30(19)20)32(24-25(33)27(35)29(37)28(36)26(24)34)14-9-10-23-18(11-14)16-5-1-3-7-21(16)38-23/h1-13,33-37H. The summed E-state index contributed by atoms with van der Waals surface area (Å²) < 4.78 is 5.12. The van der Waals surface area contributed by atoms with Crippen molar-refractivity contribution in [2.75, 3.05) is 4.90 Å². The Morgan fingerprint density at radius 1 is 0.513 bits per heavy atom.